The minimum absolute atomic E-state index is 0.106. The molecule has 1 fully saturated rings. The second-order valence-corrected chi connectivity index (χ2v) is 8.69. The van der Waals surface area contributed by atoms with Crippen molar-refractivity contribution in [1.29, 1.82) is 5.26 Å². The van der Waals surface area contributed by atoms with E-state index in [2.05, 4.69) is 27.1 Å². The van der Waals surface area contributed by atoms with Crippen LogP contribution in [0.2, 0.25) is 0 Å². The predicted octanol–water partition coefficient (Wildman–Crippen LogP) is 4.31. The summed E-state index contributed by atoms with van der Waals surface area (Å²) < 4.78 is 0. The van der Waals surface area contributed by atoms with E-state index in [9.17, 15) is 9.59 Å². The van der Waals surface area contributed by atoms with Gasteiger partial charge in [-0.15, -0.1) is 0 Å². The topological polar surface area (TPSA) is 114 Å². The first-order valence-electron chi connectivity index (χ1n) is 12.3. The largest absolute Gasteiger partial charge is 0.368 e. The maximum Gasteiger partial charge on any atom is 0.238 e. The predicted molar refractivity (Wildman–Crippen MR) is 149 cm³/mol. The molecule has 2 heterocycles. The number of carbonyl (C=O) groups excluding carboxylic acids is 2. The van der Waals surface area contributed by atoms with Crippen molar-refractivity contribution in [2.24, 2.45) is 0 Å². The third-order valence-electron chi connectivity index (χ3n) is 6.21. The maximum absolute atomic E-state index is 11.7. The molecule has 0 spiro atoms. The molecule has 2 aromatic carbocycles. The molecule has 2 N–H and O–H groups in total. The number of anilines is 2. The van der Waals surface area contributed by atoms with Gasteiger partial charge in [-0.25, -0.2) is 9.97 Å². The molecular formula is C29H29N7O2. The molecule has 1 aromatic heterocycles. The molecule has 9 nitrogen and oxygen atoms in total. The zero-order chi connectivity index (χ0) is 26.9. The van der Waals surface area contributed by atoms with Crippen molar-refractivity contribution >= 4 is 34.4 Å². The molecule has 1 saturated heterocycles. The Morgan fingerprint density at radius 1 is 1.11 bits per heavy atom. The summed E-state index contributed by atoms with van der Waals surface area (Å²) in [6.07, 6.45) is 9.03. The van der Waals surface area contributed by atoms with E-state index in [1.807, 2.05) is 59.5 Å². The van der Waals surface area contributed by atoms with Gasteiger partial charge >= 0.3 is 0 Å². The number of allylic oxidation sites excluding steroid dienone is 3. The number of nitrogens with one attached hydrogen (secondary N) is 2. The smallest absolute Gasteiger partial charge is 0.238 e. The highest BCUT2D eigenvalue weighted by Crippen LogP contribution is 2.28. The van der Waals surface area contributed by atoms with Crippen LogP contribution in [0.1, 0.15) is 13.3 Å². The summed E-state index contributed by atoms with van der Waals surface area (Å²) in [4.78, 5) is 36.4. The molecule has 4 rings (SSSR count). The molecule has 0 atom stereocenters. The average Bonchev–Trinajstić information content (AvgIpc) is 2.93. The van der Waals surface area contributed by atoms with Crippen LogP contribution in [0.3, 0.4) is 0 Å². The van der Waals surface area contributed by atoms with E-state index >= 15 is 0 Å². The number of para-hydroxylation sites is 1. The third-order valence-corrected chi connectivity index (χ3v) is 6.21. The van der Waals surface area contributed by atoms with Gasteiger partial charge in [0, 0.05) is 67.8 Å². The highest BCUT2D eigenvalue weighted by molar-refractivity contribution is 5.95. The van der Waals surface area contributed by atoms with Gasteiger partial charge in [-0.2, -0.15) is 5.26 Å². The molecule has 1 aliphatic rings. The quantitative estimate of drug-likeness (QED) is 0.437. The van der Waals surface area contributed by atoms with Crippen LogP contribution in [-0.2, 0) is 9.59 Å². The van der Waals surface area contributed by atoms with Crippen LogP contribution in [0.15, 0.2) is 85.4 Å². The summed E-state index contributed by atoms with van der Waals surface area (Å²) >= 11 is 0. The molecule has 0 radical (unpaired) electrons. The van der Waals surface area contributed by atoms with Gasteiger partial charge in [0.05, 0.1) is 11.6 Å². The fourth-order valence-corrected chi connectivity index (χ4v) is 4.22. The van der Waals surface area contributed by atoms with Crippen molar-refractivity contribution < 1.29 is 9.59 Å². The summed E-state index contributed by atoms with van der Waals surface area (Å²) in [6.45, 7) is 8.46. The van der Waals surface area contributed by atoms with E-state index in [4.69, 9.17) is 10.2 Å². The van der Waals surface area contributed by atoms with E-state index in [1.165, 1.54) is 0 Å². The SMILES string of the molecule is C=C/C(=C\C=C\Nc1ncc2cccc(-c3ccc(NC(=O)CC#N)cc3)c2n1)N1CCN(C(C)=O)CC1. The second-order valence-electron chi connectivity index (χ2n) is 8.69. The van der Waals surface area contributed by atoms with Crippen LogP contribution in [0, 0.1) is 11.3 Å². The molecule has 0 bridgehead atoms. The number of hydrogen-bond acceptors (Lipinski definition) is 7. The molecule has 0 saturated carbocycles. The Labute approximate surface area is 221 Å². The van der Waals surface area contributed by atoms with Crippen molar-refractivity contribution in [3.8, 4) is 17.2 Å². The standard InChI is InChI=1S/C29H29N7O2/c1-3-25(36-18-16-35(17-19-36)21(2)37)7-5-15-31-29-32-20-23-6-4-8-26(28(23)34-29)22-9-11-24(12-10-22)33-27(38)13-14-30/h3-12,15,20H,1,13,16-19H2,2H3,(H,33,38)(H,31,32,34)/b15-5+,25-7+. The zero-order valence-corrected chi connectivity index (χ0v) is 21.2. The van der Waals surface area contributed by atoms with E-state index in [1.54, 1.807) is 31.5 Å². The van der Waals surface area contributed by atoms with Gasteiger partial charge in [-0.05, 0) is 35.9 Å². The first-order chi connectivity index (χ1) is 18.5. The van der Waals surface area contributed by atoms with Gasteiger partial charge < -0.3 is 20.4 Å². The highest BCUT2D eigenvalue weighted by Gasteiger charge is 2.18. The van der Waals surface area contributed by atoms with Crippen LogP contribution < -0.4 is 10.6 Å². The van der Waals surface area contributed by atoms with Gasteiger partial charge in [-0.3, -0.25) is 9.59 Å². The van der Waals surface area contributed by atoms with Crippen molar-refractivity contribution in [2.45, 2.75) is 13.3 Å². The van der Waals surface area contributed by atoms with Gasteiger partial charge in [0.15, 0.2) is 0 Å². The fourth-order valence-electron chi connectivity index (χ4n) is 4.22. The zero-order valence-electron chi connectivity index (χ0n) is 21.2. The van der Waals surface area contributed by atoms with Crippen LogP contribution in [0.5, 0.6) is 0 Å². The lowest BCUT2D eigenvalue weighted by Crippen LogP contribution is -2.47. The van der Waals surface area contributed by atoms with Gasteiger partial charge in [0.2, 0.25) is 17.8 Å². The van der Waals surface area contributed by atoms with Crippen LogP contribution in [0.25, 0.3) is 22.0 Å². The molecule has 1 aliphatic heterocycles. The van der Waals surface area contributed by atoms with Crippen LogP contribution >= 0.6 is 0 Å². The Hall–Kier alpha value is -4.97. The Balaban J connectivity index is 1.46. The minimum Gasteiger partial charge on any atom is -0.368 e. The van der Waals surface area contributed by atoms with Crippen molar-refractivity contribution in [2.75, 3.05) is 36.8 Å². The number of aromatic nitrogens is 2. The lowest BCUT2D eigenvalue weighted by atomic mass is 10.0. The number of hydrogen-bond donors (Lipinski definition) is 2. The molecule has 0 unspecified atom stereocenters. The first kappa shape index (κ1) is 26.1. The van der Waals surface area contributed by atoms with Gasteiger partial charge in [-0.1, -0.05) is 36.9 Å². The number of rotatable bonds is 8. The Bertz CT molecular complexity index is 1430. The van der Waals surface area contributed by atoms with E-state index in [-0.39, 0.29) is 18.2 Å². The van der Waals surface area contributed by atoms with Crippen molar-refractivity contribution in [3.05, 3.63) is 85.4 Å². The number of benzene rings is 2. The maximum atomic E-state index is 11.7. The number of nitriles is 1. The summed E-state index contributed by atoms with van der Waals surface area (Å²) in [7, 11) is 0. The molecule has 9 heteroatoms. The summed E-state index contributed by atoms with van der Waals surface area (Å²) in [5, 5.41) is 15.4. The lowest BCUT2D eigenvalue weighted by molar-refractivity contribution is -0.130. The fraction of sp³-hybridized carbons (Fsp3) is 0.207. The number of fused-ring (bicyclic) bond motifs is 1. The summed E-state index contributed by atoms with van der Waals surface area (Å²) in [5.74, 6) is 0.228. The Morgan fingerprint density at radius 2 is 1.84 bits per heavy atom. The summed E-state index contributed by atoms with van der Waals surface area (Å²) in [6, 6.07) is 15.2. The van der Waals surface area contributed by atoms with Crippen molar-refractivity contribution in [1.82, 2.24) is 19.8 Å². The Kier molecular flexibility index (Phi) is 8.46. The van der Waals surface area contributed by atoms with Crippen LogP contribution in [0.4, 0.5) is 11.6 Å². The van der Waals surface area contributed by atoms with Crippen LogP contribution in [-0.4, -0.2) is 57.8 Å². The van der Waals surface area contributed by atoms with Crippen molar-refractivity contribution in [3.63, 3.8) is 0 Å². The van der Waals surface area contributed by atoms with E-state index < -0.39 is 0 Å². The molecule has 3 aromatic rings. The number of amides is 2. The second kappa shape index (κ2) is 12.3. The van der Waals surface area contributed by atoms with E-state index in [0.717, 1.165) is 40.8 Å². The number of piperazine rings is 1. The third kappa shape index (κ3) is 6.42. The normalized spacial score (nSPS) is 13.8. The number of nitrogens with zero attached hydrogens (tertiary/aromatic N) is 5. The molecule has 2 amide bonds. The van der Waals surface area contributed by atoms with Gasteiger partial charge in [0.25, 0.3) is 0 Å². The highest BCUT2D eigenvalue weighted by atomic mass is 16.2. The molecular weight excluding hydrogens is 478 g/mol. The first-order valence-corrected chi connectivity index (χ1v) is 12.3. The van der Waals surface area contributed by atoms with Gasteiger partial charge in [0.1, 0.15) is 6.42 Å². The molecule has 38 heavy (non-hydrogen) atoms. The molecule has 192 valence electrons. The lowest BCUT2D eigenvalue weighted by Gasteiger charge is -2.36. The van der Waals surface area contributed by atoms with E-state index in [0.29, 0.717) is 24.7 Å². The summed E-state index contributed by atoms with van der Waals surface area (Å²) in [5.41, 5.74) is 4.29. The Morgan fingerprint density at radius 3 is 2.53 bits per heavy atom. The minimum atomic E-state index is -0.340. The molecule has 0 aliphatic carbocycles. The number of carbonyl (C=O) groups is 2. The monoisotopic (exact) mass is 507 g/mol. The average molecular weight is 508 g/mol.